The minimum absolute atomic E-state index is 0. The van der Waals surface area contributed by atoms with Crippen molar-refractivity contribution in [3.63, 3.8) is 0 Å². The van der Waals surface area contributed by atoms with E-state index in [4.69, 9.17) is 9.47 Å². The topological polar surface area (TPSA) is 42.7 Å². The molecule has 0 saturated heterocycles. The number of aryl methyl sites for hydroxylation is 1. The third-order valence-corrected chi connectivity index (χ3v) is 8.59. The molecule has 1 amide bonds. The molecule has 2 aromatic carbocycles. The second kappa shape index (κ2) is 21.3. The molecule has 0 aliphatic carbocycles. The minimum Gasteiger partial charge on any atom is -1.00 e. The third kappa shape index (κ3) is 13.4. The van der Waals surface area contributed by atoms with Crippen LogP contribution in [0.3, 0.4) is 0 Å². The number of thiazole rings is 1. The molecule has 0 radical (unpaired) electrons. The zero-order valence-electron chi connectivity index (χ0n) is 26.9. The van der Waals surface area contributed by atoms with E-state index in [9.17, 15) is 4.79 Å². The predicted molar refractivity (Wildman–Crippen MR) is 176 cm³/mol. The van der Waals surface area contributed by atoms with Crippen LogP contribution in [-0.4, -0.2) is 19.6 Å². The number of amides is 1. The molecule has 43 heavy (non-hydrogen) atoms. The zero-order chi connectivity index (χ0) is 30.0. The Labute approximate surface area is 275 Å². The number of ether oxygens (including phenoxy) is 2. The predicted octanol–water partition coefficient (Wildman–Crippen LogP) is 6.43. The van der Waals surface area contributed by atoms with E-state index in [-0.39, 0.29) is 22.9 Å². The first-order chi connectivity index (χ1) is 20.5. The van der Waals surface area contributed by atoms with Gasteiger partial charge in [0.05, 0.1) is 25.1 Å². The Hall–Kier alpha value is -2.38. The second-order valence-corrected chi connectivity index (χ2v) is 12.5. The van der Waals surface area contributed by atoms with E-state index in [0.29, 0.717) is 19.6 Å². The van der Waals surface area contributed by atoms with Gasteiger partial charge in [0.2, 0.25) is 11.4 Å². The smallest absolute Gasteiger partial charge is 0.227 e. The quantitative estimate of drug-likeness (QED) is 0.0968. The lowest BCUT2D eigenvalue weighted by atomic mass is 10.1. The van der Waals surface area contributed by atoms with Crippen molar-refractivity contribution in [1.82, 2.24) is 0 Å². The first-order valence-corrected chi connectivity index (χ1v) is 17.0. The van der Waals surface area contributed by atoms with E-state index in [2.05, 4.69) is 42.3 Å². The average Bonchev–Trinajstić information content (AvgIpc) is 3.42. The lowest BCUT2D eigenvalue weighted by molar-refractivity contribution is -0.683. The van der Waals surface area contributed by atoms with E-state index < -0.39 is 0 Å². The summed E-state index contributed by atoms with van der Waals surface area (Å²) < 4.78 is 14.0. The highest BCUT2D eigenvalue weighted by molar-refractivity contribution is 7.09. The number of unbranched alkanes of at least 4 members (excludes halogenated alkanes) is 11. The van der Waals surface area contributed by atoms with Gasteiger partial charge >= 0.3 is 0 Å². The van der Waals surface area contributed by atoms with Gasteiger partial charge < -0.3 is 31.4 Å². The maximum Gasteiger partial charge on any atom is 0.227 e. The number of hydrogen-bond donors (Lipinski definition) is 0. The number of rotatable bonds is 21. The van der Waals surface area contributed by atoms with Crippen molar-refractivity contribution in [2.75, 3.05) is 18.6 Å². The third-order valence-electron chi connectivity index (χ3n) is 7.74. The van der Waals surface area contributed by atoms with Gasteiger partial charge in [0.1, 0.15) is 0 Å². The lowest BCUT2D eigenvalue weighted by Crippen LogP contribution is -3.00. The highest BCUT2D eigenvalue weighted by atomic mass is 79.9. The number of aromatic nitrogens is 1. The highest BCUT2D eigenvalue weighted by Gasteiger charge is 2.17. The number of carbonyl (C=O) groups excluding carboxylic acids is 1. The van der Waals surface area contributed by atoms with Gasteiger partial charge in [0.25, 0.3) is 0 Å². The molecular weight excluding hydrogens is 620 g/mol. The van der Waals surface area contributed by atoms with Gasteiger partial charge in [-0.25, -0.2) is 0 Å². The summed E-state index contributed by atoms with van der Waals surface area (Å²) >= 11 is 1.74. The van der Waals surface area contributed by atoms with Crippen LogP contribution < -0.4 is 35.9 Å². The molecule has 0 atom stereocenters. The molecule has 0 aliphatic rings. The molecule has 0 aliphatic heterocycles. The summed E-state index contributed by atoms with van der Waals surface area (Å²) in [5.74, 6) is 1.58. The van der Waals surface area contributed by atoms with Crippen molar-refractivity contribution in [2.45, 2.75) is 117 Å². The zero-order valence-corrected chi connectivity index (χ0v) is 29.3. The summed E-state index contributed by atoms with van der Waals surface area (Å²) in [7, 11) is 1.68. The molecule has 238 valence electrons. The molecule has 0 fully saturated rings. The molecule has 1 aromatic heterocycles. The maximum absolute atomic E-state index is 13.1. The second-order valence-electron chi connectivity index (χ2n) is 11.4. The van der Waals surface area contributed by atoms with E-state index in [1.54, 1.807) is 18.4 Å². The largest absolute Gasteiger partial charge is 1.00 e. The summed E-state index contributed by atoms with van der Waals surface area (Å²) in [5.41, 5.74) is 5.25. The van der Waals surface area contributed by atoms with Crippen LogP contribution in [0.25, 0.3) is 0 Å². The highest BCUT2D eigenvalue weighted by Crippen LogP contribution is 2.30. The molecule has 0 saturated carbocycles. The molecule has 1 heterocycles. The number of hydrogen-bond acceptors (Lipinski definition) is 4. The van der Waals surface area contributed by atoms with Crippen molar-refractivity contribution < 1.29 is 35.8 Å². The van der Waals surface area contributed by atoms with Crippen LogP contribution in [0.1, 0.15) is 113 Å². The Bertz CT molecular complexity index is 1200. The standard InChI is InChI=1S/C36H53N2O3S.BrH/c1-5-7-8-9-10-11-12-13-14-15-16-17-23-41-35-25-32(21-22-34(35)40-4)28-38(36(39)6-2)33-20-18-19-31(24-33)27-37-26-30(3)42-29-37;/h18-22,24-26,29H,5-17,23,27-28H2,1-4H3;1H/q+1;/p-1. The fraction of sp³-hybridized carbons (Fsp3) is 0.556. The molecule has 0 bridgehead atoms. The minimum atomic E-state index is 0. The van der Waals surface area contributed by atoms with Crippen molar-refractivity contribution in [3.8, 4) is 11.5 Å². The summed E-state index contributed by atoms with van der Waals surface area (Å²) in [4.78, 5) is 16.2. The van der Waals surface area contributed by atoms with E-state index in [0.717, 1.165) is 35.7 Å². The van der Waals surface area contributed by atoms with Gasteiger partial charge in [-0.15, -0.1) is 0 Å². The number of carbonyl (C=O) groups is 1. The molecule has 3 rings (SSSR count). The summed E-state index contributed by atoms with van der Waals surface area (Å²) in [6, 6.07) is 14.3. The van der Waals surface area contributed by atoms with Gasteiger partial charge in [-0.05, 0) is 43.2 Å². The van der Waals surface area contributed by atoms with Crippen LogP contribution in [0.15, 0.2) is 54.2 Å². The van der Waals surface area contributed by atoms with Gasteiger partial charge in [-0.2, -0.15) is 4.57 Å². The SMILES string of the molecule is CCCCCCCCCCCCCCOc1cc(CN(C(=O)CC)c2cccc(C[n+]3csc(C)c3)c2)ccc1OC.[Br-]. The number of benzene rings is 2. The molecular formula is C36H53BrN2O3S. The first-order valence-electron chi connectivity index (χ1n) is 16.2. The number of halogens is 1. The fourth-order valence-electron chi connectivity index (χ4n) is 5.32. The molecule has 3 aromatic rings. The molecule has 0 unspecified atom stereocenters. The summed E-state index contributed by atoms with van der Waals surface area (Å²) in [6.07, 6.45) is 18.5. The van der Waals surface area contributed by atoms with Crippen molar-refractivity contribution >= 4 is 22.9 Å². The number of nitrogens with zero attached hydrogens (tertiary/aromatic N) is 2. The van der Waals surface area contributed by atoms with Crippen LogP contribution in [-0.2, 0) is 17.9 Å². The maximum atomic E-state index is 13.1. The van der Waals surface area contributed by atoms with Crippen molar-refractivity contribution in [2.24, 2.45) is 0 Å². The average molecular weight is 674 g/mol. The van der Waals surface area contributed by atoms with Gasteiger partial charge in [0, 0.05) is 17.7 Å². The summed E-state index contributed by atoms with van der Waals surface area (Å²) in [5, 5.41) is 0. The van der Waals surface area contributed by atoms with Crippen LogP contribution in [0.2, 0.25) is 0 Å². The number of anilines is 1. The van der Waals surface area contributed by atoms with Crippen LogP contribution in [0, 0.1) is 6.92 Å². The van der Waals surface area contributed by atoms with Gasteiger partial charge in [-0.1, -0.05) is 114 Å². The van der Waals surface area contributed by atoms with E-state index in [1.165, 1.54) is 81.1 Å². The van der Waals surface area contributed by atoms with Crippen LogP contribution >= 0.6 is 11.3 Å². The van der Waals surface area contributed by atoms with Crippen LogP contribution in [0.5, 0.6) is 11.5 Å². The molecule has 5 nitrogen and oxygen atoms in total. The van der Waals surface area contributed by atoms with Crippen molar-refractivity contribution in [3.05, 3.63) is 70.2 Å². The molecule has 0 N–H and O–H groups in total. The molecule has 7 heteroatoms. The Balaban J connectivity index is 0.00000645. The Kier molecular flexibility index (Phi) is 18.3. The lowest BCUT2D eigenvalue weighted by Gasteiger charge is -2.23. The Morgan fingerprint density at radius 1 is 0.837 bits per heavy atom. The molecule has 0 spiro atoms. The van der Waals surface area contributed by atoms with Crippen LogP contribution in [0.4, 0.5) is 5.69 Å². The monoisotopic (exact) mass is 672 g/mol. The van der Waals surface area contributed by atoms with Crippen molar-refractivity contribution in [1.29, 1.82) is 0 Å². The van der Waals surface area contributed by atoms with Gasteiger partial charge in [0.15, 0.2) is 24.2 Å². The number of methoxy groups -OCH3 is 1. The normalized spacial score (nSPS) is 10.8. The van der Waals surface area contributed by atoms with E-state index >= 15 is 0 Å². The fourth-order valence-corrected chi connectivity index (χ4v) is 5.95. The van der Waals surface area contributed by atoms with E-state index in [1.807, 2.05) is 42.2 Å². The Morgan fingerprint density at radius 2 is 1.51 bits per heavy atom. The first kappa shape index (κ1) is 36.8. The summed E-state index contributed by atoms with van der Waals surface area (Å²) in [6.45, 7) is 8.26. The Morgan fingerprint density at radius 3 is 2.12 bits per heavy atom. The van der Waals surface area contributed by atoms with Gasteiger partial charge in [-0.3, -0.25) is 4.79 Å².